The molecule has 0 aliphatic carbocycles. The average Bonchev–Trinajstić information content (AvgIpc) is 2.20. The van der Waals surface area contributed by atoms with E-state index >= 15 is 0 Å². The van der Waals surface area contributed by atoms with E-state index in [4.69, 9.17) is 14.2 Å². The summed E-state index contributed by atoms with van der Waals surface area (Å²) in [6, 6.07) is 0. The maximum atomic E-state index is 10.6. The fourth-order valence-electron chi connectivity index (χ4n) is 0.858. The van der Waals surface area contributed by atoms with Gasteiger partial charge in [0.25, 0.3) is 0 Å². The molecule has 0 aliphatic rings. The maximum absolute atomic E-state index is 10.6. The highest BCUT2D eigenvalue weighted by atomic mass is 16.6. The van der Waals surface area contributed by atoms with Gasteiger partial charge in [-0.05, 0) is 5.41 Å². The maximum Gasteiger partial charge on any atom is 0.330 e. The predicted octanol–water partition coefficient (Wildman–Crippen LogP) is 1.79. The first-order chi connectivity index (χ1) is 7.45. The molecule has 4 nitrogen and oxygen atoms in total. The van der Waals surface area contributed by atoms with E-state index in [-0.39, 0.29) is 12.0 Å². The minimum Gasteiger partial charge on any atom is -0.460 e. The molecule has 0 saturated heterocycles. The van der Waals surface area contributed by atoms with Gasteiger partial charge in [0.2, 0.25) is 0 Å². The van der Waals surface area contributed by atoms with E-state index in [0.29, 0.717) is 26.4 Å². The van der Waals surface area contributed by atoms with E-state index in [9.17, 15) is 4.79 Å². The monoisotopic (exact) mass is 230 g/mol. The zero-order valence-corrected chi connectivity index (χ0v) is 10.5. The lowest BCUT2D eigenvalue weighted by Crippen LogP contribution is -2.17. The van der Waals surface area contributed by atoms with E-state index in [0.717, 1.165) is 6.08 Å². The van der Waals surface area contributed by atoms with Crippen molar-refractivity contribution < 1.29 is 19.0 Å². The Morgan fingerprint density at radius 3 is 2.25 bits per heavy atom. The summed E-state index contributed by atoms with van der Waals surface area (Å²) in [5, 5.41) is 0. The van der Waals surface area contributed by atoms with E-state index in [1.807, 2.05) is 0 Å². The van der Waals surface area contributed by atoms with Gasteiger partial charge in [0.1, 0.15) is 6.61 Å². The Balaban J connectivity index is 3.16. The molecule has 0 bridgehead atoms. The van der Waals surface area contributed by atoms with Crippen LogP contribution in [-0.2, 0) is 19.0 Å². The smallest absolute Gasteiger partial charge is 0.330 e. The zero-order valence-electron chi connectivity index (χ0n) is 10.5. The number of hydrogen-bond donors (Lipinski definition) is 0. The highest BCUT2D eigenvalue weighted by Gasteiger charge is 2.09. The Bertz CT molecular complexity index is 206. The Hall–Kier alpha value is -0.870. The lowest BCUT2D eigenvalue weighted by Gasteiger charge is -2.17. The number of carbonyl (C=O) groups excluding carboxylic acids is 1. The Morgan fingerprint density at radius 2 is 1.69 bits per heavy atom. The number of ether oxygens (including phenoxy) is 3. The standard InChI is InChI=1S/C12H22O4/c1-5-11(13)16-9-8-14-6-7-15-10-12(2,3)4/h5H,1,6-10H2,2-4H3. The molecule has 0 aromatic carbocycles. The van der Waals surface area contributed by atoms with Crippen LogP contribution in [0.1, 0.15) is 20.8 Å². The van der Waals surface area contributed by atoms with Crippen LogP contribution in [-0.4, -0.2) is 39.0 Å². The van der Waals surface area contributed by atoms with Crippen LogP contribution in [0.15, 0.2) is 12.7 Å². The molecule has 0 atom stereocenters. The minimum absolute atomic E-state index is 0.180. The lowest BCUT2D eigenvalue weighted by molar-refractivity contribution is -0.139. The number of esters is 1. The number of rotatable bonds is 8. The van der Waals surface area contributed by atoms with Gasteiger partial charge in [0.15, 0.2) is 0 Å². The van der Waals surface area contributed by atoms with Gasteiger partial charge >= 0.3 is 5.97 Å². The van der Waals surface area contributed by atoms with Crippen molar-refractivity contribution in [3.63, 3.8) is 0 Å². The summed E-state index contributed by atoms with van der Waals surface area (Å²) in [5.41, 5.74) is 0.180. The van der Waals surface area contributed by atoms with Gasteiger partial charge in [-0.1, -0.05) is 27.4 Å². The van der Waals surface area contributed by atoms with E-state index in [1.165, 1.54) is 0 Å². The molecule has 0 aromatic rings. The first kappa shape index (κ1) is 15.1. The fraction of sp³-hybridized carbons (Fsp3) is 0.750. The molecule has 0 fully saturated rings. The SMILES string of the molecule is C=CC(=O)OCCOCCOCC(C)(C)C. The van der Waals surface area contributed by atoms with Crippen molar-refractivity contribution in [1.82, 2.24) is 0 Å². The van der Waals surface area contributed by atoms with E-state index in [2.05, 4.69) is 27.4 Å². The van der Waals surface area contributed by atoms with Gasteiger partial charge in [-0.15, -0.1) is 0 Å². The van der Waals surface area contributed by atoms with Crippen molar-refractivity contribution in [3.8, 4) is 0 Å². The summed E-state index contributed by atoms with van der Waals surface area (Å²) < 4.78 is 15.3. The van der Waals surface area contributed by atoms with Crippen molar-refractivity contribution in [3.05, 3.63) is 12.7 Å². The molecule has 0 rings (SSSR count). The summed E-state index contributed by atoms with van der Waals surface area (Å²) >= 11 is 0. The highest BCUT2D eigenvalue weighted by molar-refractivity contribution is 5.81. The third kappa shape index (κ3) is 11.2. The molecule has 0 spiro atoms. The summed E-state index contributed by atoms with van der Waals surface area (Å²) in [6.45, 7) is 12.1. The van der Waals surface area contributed by atoms with Crippen LogP contribution in [0.4, 0.5) is 0 Å². The molecule has 94 valence electrons. The van der Waals surface area contributed by atoms with Crippen molar-refractivity contribution in [1.29, 1.82) is 0 Å². The third-order valence-corrected chi connectivity index (χ3v) is 1.55. The van der Waals surface area contributed by atoms with Crippen molar-refractivity contribution in [2.45, 2.75) is 20.8 Å². The molecule has 0 unspecified atom stereocenters. The van der Waals surface area contributed by atoms with Gasteiger partial charge < -0.3 is 14.2 Å². The first-order valence-electron chi connectivity index (χ1n) is 5.40. The van der Waals surface area contributed by atoms with Gasteiger partial charge in [0, 0.05) is 6.08 Å². The molecular formula is C12H22O4. The molecule has 0 radical (unpaired) electrons. The lowest BCUT2D eigenvalue weighted by atomic mass is 9.99. The van der Waals surface area contributed by atoms with Crippen molar-refractivity contribution in [2.75, 3.05) is 33.0 Å². The Morgan fingerprint density at radius 1 is 1.12 bits per heavy atom. The zero-order chi connectivity index (χ0) is 12.4. The second kappa shape index (κ2) is 8.30. The molecule has 16 heavy (non-hydrogen) atoms. The third-order valence-electron chi connectivity index (χ3n) is 1.55. The summed E-state index contributed by atoms with van der Waals surface area (Å²) in [4.78, 5) is 10.6. The quantitative estimate of drug-likeness (QED) is 0.362. The predicted molar refractivity (Wildman–Crippen MR) is 62.2 cm³/mol. The van der Waals surface area contributed by atoms with Crippen LogP contribution in [0, 0.1) is 5.41 Å². The fourth-order valence-corrected chi connectivity index (χ4v) is 0.858. The Labute approximate surface area is 97.6 Å². The normalized spacial score (nSPS) is 11.2. The highest BCUT2D eigenvalue weighted by Crippen LogP contribution is 2.12. The average molecular weight is 230 g/mol. The number of carbonyl (C=O) groups is 1. The van der Waals surface area contributed by atoms with Crippen LogP contribution in [0.25, 0.3) is 0 Å². The molecule has 0 aromatic heterocycles. The van der Waals surface area contributed by atoms with Gasteiger partial charge in [-0.3, -0.25) is 0 Å². The molecule has 0 aliphatic heterocycles. The molecule has 0 amide bonds. The Kier molecular flexibility index (Phi) is 7.85. The molecule has 0 heterocycles. The summed E-state index contributed by atoms with van der Waals surface area (Å²) in [5.74, 6) is -0.424. The second-order valence-corrected chi connectivity index (χ2v) is 4.60. The minimum atomic E-state index is -0.424. The van der Waals surface area contributed by atoms with Crippen LogP contribution in [0.2, 0.25) is 0 Å². The van der Waals surface area contributed by atoms with Crippen LogP contribution >= 0.6 is 0 Å². The summed E-state index contributed by atoms with van der Waals surface area (Å²) in [6.07, 6.45) is 1.13. The van der Waals surface area contributed by atoms with Gasteiger partial charge in [0.05, 0.1) is 26.4 Å². The second-order valence-electron chi connectivity index (χ2n) is 4.60. The number of hydrogen-bond acceptors (Lipinski definition) is 4. The van der Waals surface area contributed by atoms with Crippen molar-refractivity contribution >= 4 is 5.97 Å². The molecule has 0 saturated carbocycles. The van der Waals surface area contributed by atoms with Gasteiger partial charge in [-0.2, -0.15) is 0 Å². The molecule has 0 N–H and O–H groups in total. The van der Waals surface area contributed by atoms with E-state index < -0.39 is 5.97 Å². The first-order valence-corrected chi connectivity index (χ1v) is 5.40. The largest absolute Gasteiger partial charge is 0.460 e. The van der Waals surface area contributed by atoms with Gasteiger partial charge in [-0.25, -0.2) is 4.79 Å². The molecular weight excluding hydrogens is 208 g/mol. The molecule has 4 heteroatoms. The van der Waals surface area contributed by atoms with E-state index in [1.54, 1.807) is 0 Å². The summed E-state index contributed by atoms with van der Waals surface area (Å²) in [7, 11) is 0. The topological polar surface area (TPSA) is 44.8 Å². The van der Waals surface area contributed by atoms with Crippen LogP contribution < -0.4 is 0 Å². The van der Waals surface area contributed by atoms with Crippen LogP contribution in [0.5, 0.6) is 0 Å². The van der Waals surface area contributed by atoms with Crippen molar-refractivity contribution in [2.24, 2.45) is 5.41 Å². The van der Waals surface area contributed by atoms with Crippen LogP contribution in [0.3, 0.4) is 0 Å².